The number of hydrogen-bond donors (Lipinski definition) is 1. The number of likely N-dealkylation sites (N-methyl/N-ethyl adjacent to an activating group) is 1. The number of nitrogens with zero attached hydrogens (tertiary/aromatic N) is 1. The maximum absolute atomic E-state index is 11.9. The molecule has 0 aromatic rings. The topological polar surface area (TPSA) is 55.6 Å². The van der Waals surface area contributed by atoms with Gasteiger partial charge in [-0.3, -0.25) is 4.79 Å². The van der Waals surface area contributed by atoms with E-state index in [2.05, 4.69) is 13.8 Å². The van der Waals surface area contributed by atoms with Crippen molar-refractivity contribution in [3.8, 4) is 0 Å². The summed E-state index contributed by atoms with van der Waals surface area (Å²) < 4.78 is 5.56. The van der Waals surface area contributed by atoms with Gasteiger partial charge in [0.2, 0.25) is 0 Å². The van der Waals surface area contributed by atoms with Crippen LogP contribution in [0.5, 0.6) is 0 Å². The van der Waals surface area contributed by atoms with E-state index in [9.17, 15) is 4.79 Å². The summed E-state index contributed by atoms with van der Waals surface area (Å²) in [7, 11) is 1.83. The van der Waals surface area contributed by atoms with Crippen LogP contribution in [0.1, 0.15) is 26.7 Å². The molecule has 88 valence electrons. The van der Waals surface area contributed by atoms with Crippen LogP contribution in [0.4, 0.5) is 0 Å². The lowest BCUT2D eigenvalue weighted by molar-refractivity contribution is -0.141. The van der Waals surface area contributed by atoms with Gasteiger partial charge in [-0.05, 0) is 18.8 Å². The van der Waals surface area contributed by atoms with Gasteiger partial charge in [0.05, 0.1) is 6.10 Å². The van der Waals surface area contributed by atoms with Gasteiger partial charge < -0.3 is 15.4 Å². The Hall–Kier alpha value is -0.610. The van der Waals surface area contributed by atoms with Crippen LogP contribution in [0.25, 0.3) is 0 Å². The Morgan fingerprint density at radius 2 is 2.20 bits per heavy atom. The summed E-state index contributed by atoms with van der Waals surface area (Å²) in [5, 5.41) is 0. The summed E-state index contributed by atoms with van der Waals surface area (Å²) in [5.41, 5.74) is 5.50. The zero-order valence-corrected chi connectivity index (χ0v) is 9.90. The normalized spacial score (nSPS) is 25.9. The average molecular weight is 214 g/mol. The molecule has 2 atom stereocenters. The second kappa shape index (κ2) is 5.47. The smallest absolute Gasteiger partial charge is 0.251 e. The van der Waals surface area contributed by atoms with E-state index in [1.807, 2.05) is 7.05 Å². The van der Waals surface area contributed by atoms with Crippen molar-refractivity contribution in [2.45, 2.75) is 38.9 Å². The first-order valence-electron chi connectivity index (χ1n) is 5.65. The first-order chi connectivity index (χ1) is 7.04. The lowest BCUT2D eigenvalue weighted by atomic mass is 10.1. The molecule has 0 aliphatic carbocycles. The summed E-state index contributed by atoms with van der Waals surface area (Å²) in [4.78, 5) is 13.7. The number of hydrogen-bond acceptors (Lipinski definition) is 3. The molecule has 2 unspecified atom stereocenters. The maximum atomic E-state index is 11.9. The van der Waals surface area contributed by atoms with Crippen molar-refractivity contribution < 1.29 is 9.53 Å². The van der Waals surface area contributed by atoms with E-state index in [4.69, 9.17) is 10.5 Å². The Balaban J connectivity index is 2.40. The van der Waals surface area contributed by atoms with Crippen LogP contribution in [0.3, 0.4) is 0 Å². The van der Waals surface area contributed by atoms with Gasteiger partial charge in [-0.25, -0.2) is 0 Å². The zero-order chi connectivity index (χ0) is 11.4. The third-order valence-corrected chi connectivity index (χ3v) is 2.66. The molecule has 1 fully saturated rings. The Bertz CT molecular complexity index is 219. The summed E-state index contributed by atoms with van der Waals surface area (Å²) in [6.07, 6.45) is 1.53. The predicted octanol–water partition coefficient (Wildman–Crippen LogP) is 0.607. The highest BCUT2D eigenvalue weighted by molar-refractivity contribution is 5.80. The summed E-state index contributed by atoms with van der Waals surface area (Å²) in [6.45, 7) is 5.49. The van der Waals surface area contributed by atoms with Crippen LogP contribution >= 0.6 is 0 Å². The Kier molecular flexibility index (Phi) is 4.54. The molecular weight excluding hydrogens is 192 g/mol. The first-order valence-corrected chi connectivity index (χ1v) is 5.65. The van der Waals surface area contributed by atoms with Crippen LogP contribution < -0.4 is 5.73 Å². The predicted molar refractivity (Wildman–Crippen MR) is 59.4 cm³/mol. The molecule has 0 radical (unpaired) electrons. The largest absolute Gasteiger partial charge is 0.364 e. The molecule has 0 aromatic carbocycles. The number of carbonyl (C=O) groups excluding carboxylic acids is 1. The molecule has 1 heterocycles. The minimum absolute atomic E-state index is 0.0754. The van der Waals surface area contributed by atoms with Crippen molar-refractivity contribution in [3.63, 3.8) is 0 Å². The second-order valence-corrected chi connectivity index (χ2v) is 4.67. The minimum Gasteiger partial charge on any atom is -0.364 e. The third-order valence-electron chi connectivity index (χ3n) is 2.66. The molecule has 15 heavy (non-hydrogen) atoms. The minimum atomic E-state index is -0.262. The Labute approximate surface area is 91.8 Å². The highest BCUT2D eigenvalue weighted by Gasteiger charge is 2.31. The SMILES string of the molecule is CC(C)CN(C)C(=O)C1CCC(CN)O1. The van der Waals surface area contributed by atoms with Crippen molar-refractivity contribution in [1.29, 1.82) is 0 Å². The summed E-state index contributed by atoms with van der Waals surface area (Å²) >= 11 is 0. The molecule has 0 aromatic heterocycles. The van der Waals surface area contributed by atoms with E-state index in [0.717, 1.165) is 19.4 Å². The molecule has 4 nitrogen and oxygen atoms in total. The number of ether oxygens (including phenoxy) is 1. The number of carbonyl (C=O) groups is 1. The second-order valence-electron chi connectivity index (χ2n) is 4.67. The van der Waals surface area contributed by atoms with E-state index in [-0.39, 0.29) is 18.1 Å². The molecule has 4 heteroatoms. The van der Waals surface area contributed by atoms with Crippen LogP contribution in [-0.4, -0.2) is 43.2 Å². The van der Waals surface area contributed by atoms with Crippen LogP contribution in [0.2, 0.25) is 0 Å². The Morgan fingerprint density at radius 3 is 2.67 bits per heavy atom. The van der Waals surface area contributed by atoms with Crippen LogP contribution in [0.15, 0.2) is 0 Å². The molecule has 1 saturated heterocycles. The highest BCUT2D eigenvalue weighted by atomic mass is 16.5. The molecule has 0 bridgehead atoms. The van der Waals surface area contributed by atoms with Crippen LogP contribution in [-0.2, 0) is 9.53 Å². The van der Waals surface area contributed by atoms with Crippen molar-refractivity contribution >= 4 is 5.91 Å². The van der Waals surface area contributed by atoms with E-state index >= 15 is 0 Å². The average Bonchev–Trinajstić information content (AvgIpc) is 2.63. The molecule has 1 rings (SSSR count). The fraction of sp³-hybridized carbons (Fsp3) is 0.909. The third kappa shape index (κ3) is 3.47. The lowest BCUT2D eigenvalue weighted by Crippen LogP contribution is -2.38. The van der Waals surface area contributed by atoms with E-state index < -0.39 is 0 Å². The van der Waals surface area contributed by atoms with E-state index in [1.54, 1.807) is 4.90 Å². The van der Waals surface area contributed by atoms with E-state index in [0.29, 0.717) is 12.5 Å². The van der Waals surface area contributed by atoms with Gasteiger partial charge >= 0.3 is 0 Å². The lowest BCUT2D eigenvalue weighted by Gasteiger charge is -2.22. The maximum Gasteiger partial charge on any atom is 0.251 e. The summed E-state index contributed by atoms with van der Waals surface area (Å²) in [6, 6.07) is 0. The molecule has 2 N–H and O–H groups in total. The van der Waals surface area contributed by atoms with Gasteiger partial charge in [-0.1, -0.05) is 13.8 Å². The molecule has 1 aliphatic heterocycles. The summed E-state index contributed by atoms with van der Waals surface area (Å²) in [5.74, 6) is 0.588. The fourth-order valence-corrected chi connectivity index (χ4v) is 1.94. The molecular formula is C11H22N2O2. The highest BCUT2D eigenvalue weighted by Crippen LogP contribution is 2.20. The van der Waals surface area contributed by atoms with Gasteiger partial charge in [-0.2, -0.15) is 0 Å². The van der Waals surface area contributed by atoms with Gasteiger partial charge in [0, 0.05) is 20.1 Å². The zero-order valence-electron chi connectivity index (χ0n) is 9.90. The van der Waals surface area contributed by atoms with Gasteiger partial charge in [-0.15, -0.1) is 0 Å². The number of rotatable bonds is 4. The fourth-order valence-electron chi connectivity index (χ4n) is 1.94. The van der Waals surface area contributed by atoms with Gasteiger partial charge in [0.1, 0.15) is 6.10 Å². The monoisotopic (exact) mass is 214 g/mol. The van der Waals surface area contributed by atoms with E-state index in [1.165, 1.54) is 0 Å². The van der Waals surface area contributed by atoms with Gasteiger partial charge in [0.25, 0.3) is 5.91 Å². The van der Waals surface area contributed by atoms with Crippen molar-refractivity contribution in [3.05, 3.63) is 0 Å². The standard InChI is InChI=1S/C11H22N2O2/c1-8(2)7-13(3)11(14)10-5-4-9(6-12)15-10/h8-10H,4-7,12H2,1-3H3. The van der Waals surface area contributed by atoms with Crippen molar-refractivity contribution in [1.82, 2.24) is 4.90 Å². The van der Waals surface area contributed by atoms with Crippen LogP contribution in [0, 0.1) is 5.92 Å². The molecule has 0 spiro atoms. The van der Waals surface area contributed by atoms with Gasteiger partial charge in [0.15, 0.2) is 0 Å². The van der Waals surface area contributed by atoms with Crippen molar-refractivity contribution in [2.75, 3.05) is 20.1 Å². The number of amides is 1. The van der Waals surface area contributed by atoms with Crippen molar-refractivity contribution in [2.24, 2.45) is 11.7 Å². The molecule has 1 aliphatic rings. The number of nitrogens with two attached hydrogens (primary N) is 1. The molecule has 0 saturated carbocycles. The quantitative estimate of drug-likeness (QED) is 0.746. The Morgan fingerprint density at radius 1 is 1.53 bits per heavy atom. The molecule has 1 amide bonds. The first kappa shape index (κ1) is 12.5.